The molecule has 1 aromatic heterocycles. The first-order valence-corrected chi connectivity index (χ1v) is 9.50. The van der Waals surface area contributed by atoms with E-state index >= 15 is 0 Å². The van der Waals surface area contributed by atoms with Gasteiger partial charge in [0, 0.05) is 5.41 Å². The van der Waals surface area contributed by atoms with Gasteiger partial charge < -0.3 is 0 Å². The van der Waals surface area contributed by atoms with Crippen LogP contribution in [0.4, 0.5) is 4.39 Å². The van der Waals surface area contributed by atoms with Crippen molar-refractivity contribution in [1.29, 1.82) is 0 Å². The molecule has 0 atom stereocenters. The lowest BCUT2D eigenvalue weighted by Crippen LogP contribution is -2.49. The van der Waals surface area contributed by atoms with Gasteiger partial charge in [-0.15, -0.1) is 0 Å². The molecule has 1 N–H and O–H groups in total. The van der Waals surface area contributed by atoms with Crippen LogP contribution < -0.4 is 0 Å². The number of nitrogens with one attached hydrogen (secondary N) is 1. The molecule has 4 aliphatic rings. The third-order valence-electron chi connectivity index (χ3n) is 6.36. The van der Waals surface area contributed by atoms with E-state index in [9.17, 15) is 4.39 Å². The van der Waals surface area contributed by atoms with Crippen LogP contribution in [0.2, 0.25) is 0 Å². The van der Waals surface area contributed by atoms with Gasteiger partial charge in [0.1, 0.15) is 5.82 Å². The maximum Gasteiger partial charge on any atom is 0.216 e. The van der Waals surface area contributed by atoms with Gasteiger partial charge in [-0.1, -0.05) is 12.1 Å². The van der Waals surface area contributed by atoms with E-state index < -0.39 is 0 Å². The summed E-state index contributed by atoms with van der Waals surface area (Å²) >= 11 is 5.44. The number of nitrogens with zero attached hydrogens (tertiary/aromatic N) is 3. The summed E-state index contributed by atoms with van der Waals surface area (Å²) in [4.78, 5) is 0. The van der Waals surface area contributed by atoms with E-state index in [1.54, 1.807) is 23.0 Å². The van der Waals surface area contributed by atoms with Gasteiger partial charge in [-0.3, -0.25) is 5.10 Å². The monoisotopic (exact) mass is 356 g/mol. The standard InChI is InChI=1S/C19H21FN4S/c20-16-3-1-12(2-4-16)11-21-24-17(22-23-18(24)25)19-8-13-5-14(9-19)7-15(6-13)10-19/h1-4,11,13-15H,5-10H2,(H,23,25)/b21-11+. The molecule has 2 aromatic rings. The number of hydrogen-bond donors (Lipinski definition) is 1. The largest absolute Gasteiger partial charge is 0.250 e. The minimum absolute atomic E-state index is 0.127. The molecule has 1 heterocycles. The number of hydrogen-bond acceptors (Lipinski definition) is 3. The number of rotatable bonds is 3. The summed E-state index contributed by atoms with van der Waals surface area (Å²) in [6.45, 7) is 0. The van der Waals surface area contributed by atoms with Gasteiger partial charge in [0.05, 0.1) is 6.21 Å². The number of aromatic nitrogens is 3. The van der Waals surface area contributed by atoms with Crippen LogP contribution in [0.25, 0.3) is 0 Å². The first-order chi connectivity index (χ1) is 12.1. The van der Waals surface area contributed by atoms with E-state index in [1.165, 1.54) is 50.7 Å². The third kappa shape index (κ3) is 2.58. The van der Waals surface area contributed by atoms with Crippen molar-refractivity contribution in [3.8, 4) is 0 Å². The maximum absolute atomic E-state index is 13.1. The second-order valence-electron chi connectivity index (χ2n) is 8.16. The predicted octanol–water partition coefficient (Wildman–Crippen LogP) is 4.43. The van der Waals surface area contributed by atoms with Gasteiger partial charge in [-0.05, 0) is 86.2 Å². The van der Waals surface area contributed by atoms with Crippen molar-refractivity contribution in [2.75, 3.05) is 0 Å². The average Bonchev–Trinajstić information content (AvgIpc) is 2.95. The highest BCUT2D eigenvalue weighted by Gasteiger charge is 2.53. The molecule has 0 radical (unpaired) electrons. The molecule has 25 heavy (non-hydrogen) atoms. The highest BCUT2D eigenvalue weighted by atomic mass is 32.1. The fraction of sp³-hybridized carbons (Fsp3) is 0.526. The van der Waals surface area contributed by atoms with Crippen LogP contribution in [-0.2, 0) is 5.41 Å². The van der Waals surface area contributed by atoms with Crippen LogP contribution in [0.15, 0.2) is 29.4 Å². The van der Waals surface area contributed by atoms with Crippen LogP contribution in [0.3, 0.4) is 0 Å². The van der Waals surface area contributed by atoms with Gasteiger partial charge in [0.15, 0.2) is 5.82 Å². The second kappa shape index (κ2) is 5.59. The van der Waals surface area contributed by atoms with Crippen LogP contribution in [0.5, 0.6) is 0 Å². The zero-order valence-electron chi connectivity index (χ0n) is 14.0. The van der Waals surface area contributed by atoms with Crippen LogP contribution >= 0.6 is 12.2 Å². The fourth-order valence-electron chi connectivity index (χ4n) is 5.80. The normalized spacial score (nSPS) is 33.4. The third-order valence-corrected chi connectivity index (χ3v) is 6.62. The molecule has 0 spiro atoms. The Bertz CT molecular complexity index is 844. The quantitative estimate of drug-likeness (QED) is 0.653. The SMILES string of the molecule is Fc1ccc(/C=N/n2c(C34CC5CC(CC(C5)C3)C4)n[nH]c2=S)cc1. The van der Waals surface area contributed by atoms with Crippen molar-refractivity contribution in [3.63, 3.8) is 0 Å². The Balaban J connectivity index is 1.51. The molecule has 0 unspecified atom stereocenters. The molecule has 1 aromatic carbocycles. The van der Waals surface area contributed by atoms with Crippen molar-refractivity contribution >= 4 is 18.4 Å². The van der Waals surface area contributed by atoms with E-state index in [0.29, 0.717) is 4.77 Å². The van der Waals surface area contributed by atoms with Crippen molar-refractivity contribution in [2.24, 2.45) is 22.9 Å². The Hall–Kier alpha value is -1.82. The Labute approximate surface area is 151 Å². The zero-order chi connectivity index (χ0) is 17.0. The topological polar surface area (TPSA) is 46.0 Å². The van der Waals surface area contributed by atoms with Gasteiger partial charge in [0.2, 0.25) is 4.77 Å². The predicted molar refractivity (Wildman–Crippen MR) is 96.7 cm³/mol. The van der Waals surface area contributed by atoms with E-state index in [1.807, 2.05) is 0 Å². The first-order valence-electron chi connectivity index (χ1n) is 9.09. The summed E-state index contributed by atoms with van der Waals surface area (Å²) in [5.74, 6) is 3.27. The molecule has 0 aliphatic heterocycles. The lowest BCUT2D eigenvalue weighted by molar-refractivity contribution is -0.0109. The summed E-state index contributed by atoms with van der Waals surface area (Å²) in [6, 6.07) is 6.31. The summed E-state index contributed by atoms with van der Waals surface area (Å²) < 4.78 is 15.4. The van der Waals surface area contributed by atoms with Crippen LogP contribution in [0, 0.1) is 28.3 Å². The van der Waals surface area contributed by atoms with Crippen molar-refractivity contribution in [2.45, 2.75) is 43.9 Å². The second-order valence-corrected chi connectivity index (χ2v) is 8.54. The van der Waals surface area contributed by atoms with Crippen molar-refractivity contribution in [1.82, 2.24) is 14.9 Å². The molecule has 4 saturated carbocycles. The minimum Gasteiger partial charge on any atom is -0.250 e. The van der Waals surface area contributed by atoms with Crippen molar-refractivity contribution in [3.05, 3.63) is 46.2 Å². The molecule has 0 amide bonds. The van der Waals surface area contributed by atoms with Crippen molar-refractivity contribution < 1.29 is 4.39 Å². The number of H-pyrrole nitrogens is 1. The molecule has 6 rings (SSSR count). The molecule has 4 aliphatic carbocycles. The number of halogens is 1. The smallest absolute Gasteiger partial charge is 0.216 e. The number of aromatic amines is 1. The number of benzene rings is 1. The van der Waals surface area contributed by atoms with Crippen LogP contribution in [-0.4, -0.2) is 21.1 Å². The summed E-state index contributed by atoms with van der Waals surface area (Å²) in [6.07, 6.45) is 9.55. The van der Waals surface area contributed by atoms with Crippen LogP contribution in [0.1, 0.15) is 49.9 Å². The molecule has 0 saturated heterocycles. The molecule has 4 fully saturated rings. The van der Waals surface area contributed by atoms with Gasteiger partial charge >= 0.3 is 0 Å². The van der Waals surface area contributed by atoms with Gasteiger partial charge in [-0.2, -0.15) is 14.9 Å². The molecule has 4 nitrogen and oxygen atoms in total. The minimum atomic E-state index is -0.244. The summed E-state index contributed by atoms with van der Waals surface area (Å²) in [5.41, 5.74) is 0.976. The van der Waals surface area contributed by atoms with E-state index in [2.05, 4.69) is 15.3 Å². The fourth-order valence-corrected chi connectivity index (χ4v) is 5.98. The molecule has 130 valence electrons. The lowest BCUT2D eigenvalue weighted by atomic mass is 9.49. The summed E-state index contributed by atoms with van der Waals surface area (Å²) in [7, 11) is 0. The molecular formula is C19H21FN4S. The van der Waals surface area contributed by atoms with E-state index in [0.717, 1.165) is 29.1 Å². The summed E-state index contributed by atoms with van der Waals surface area (Å²) in [5, 5.41) is 12.1. The molecule has 4 bridgehead atoms. The Morgan fingerprint density at radius 1 is 1.12 bits per heavy atom. The van der Waals surface area contributed by atoms with Gasteiger partial charge in [0.25, 0.3) is 0 Å². The average molecular weight is 356 g/mol. The maximum atomic E-state index is 13.1. The Morgan fingerprint density at radius 3 is 2.32 bits per heavy atom. The lowest BCUT2D eigenvalue weighted by Gasteiger charge is -2.55. The van der Waals surface area contributed by atoms with Gasteiger partial charge in [-0.25, -0.2) is 4.39 Å². The Morgan fingerprint density at radius 2 is 1.72 bits per heavy atom. The molecule has 6 heteroatoms. The Kier molecular flexibility index (Phi) is 3.45. The van der Waals surface area contributed by atoms with E-state index in [4.69, 9.17) is 12.2 Å². The highest BCUT2D eigenvalue weighted by molar-refractivity contribution is 7.71. The molecular weight excluding hydrogens is 335 g/mol. The van der Waals surface area contributed by atoms with E-state index in [-0.39, 0.29) is 11.2 Å². The zero-order valence-corrected chi connectivity index (χ0v) is 14.8. The highest BCUT2D eigenvalue weighted by Crippen LogP contribution is 2.60. The first kappa shape index (κ1) is 15.4.